The highest BCUT2D eigenvalue weighted by molar-refractivity contribution is 7.98. The van der Waals surface area contributed by atoms with Crippen LogP contribution in [0.4, 0.5) is 5.69 Å². The van der Waals surface area contributed by atoms with Gasteiger partial charge in [-0.15, -0.1) is 11.8 Å². The molecule has 1 saturated carbocycles. The van der Waals surface area contributed by atoms with Crippen molar-refractivity contribution in [2.75, 3.05) is 6.26 Å². The Morgan fingerprint density at radius 3 is 2.68 bits per heavy atom. The summed E-state index contributed by atoms with van der Waals surface area (Å²) in [5, 5.41) is 22.6. The second-order valence-corrected chi connectivity index (χ2v) is 6.04. The van der Waals surface area contributed by atoms with E-state index in [4.69, 9.17) is 5.11 Å². The molecule has 0 radical (unpaired) electrons. The number of hydrogen-bond acceptors (Lipinski definition) is 5. The van der Waals surface area contributed by atoms with Gasteiger partial charge in [0.1, 0.15) is 6.04 Å². The zero-order chi connectivity index (χ0) is 16.3. The van der Waals surface area contributed by atoms with Crippen LogP contribution in [0.5, 0.6) is 0 Å². The normalized spacial score (nSPS) is 15.1. The Bertz CT molecular complexity index is 615. The number of carbonyl (C=O) groups excluding carboxylic acids is 1. The lowest BCUT2D eigenvalue weighted by Crippen LogP contribution is -2.41. The molecule has 1 aromatic carbocycles. The van der Waals surface area contributed by atoms with Gasteiger partial charge < -0.3 is 10.4 Å². The molecule has 0 aliphatic heterocycles. The van der Waals surface area contributed by atoms with Crippen molar-refractivity contribution in [1.29, 1.82) is 0 Å². The number of carboxylic acids is 1. The van der Waals surface area contributed by atoms with E-state index >= 15 is 0 Å². The third kappa shape index (κ3) is 3.97. The zero-order valence-electron chi connectivity index (χ0n) is 11.9. The molecular weight excluding hydrogens is 308 g/mol. The number of hydrogen-bond donors (Lipinski definition) is 2. The average Bonchev–Trinajstić information content (AvgIpc) is 3.29. The molecule has 1 aromatic rings. The fraction of sp³-hybridized carbons (Fsp3) is 0.429. The Hall–Kier alpha value is -2.09. The number of thioether (sulfide) groups is 1. The van der Waals surface area contributed by atoms with E-state index < -0.39 is 22.8 Å². The molecule has 2 N–H and O–H groups in total. The van der Waals surface area contributed by atoms with Crippen molar-refractivity contribution >= 4 is 29.3 Å². The minimum Gasteiger partial charge on any atom is -0.480 e. The van der Waals surface area contributed by atoms with E-state index in [9.17, 15) is 19.7 Å². The Kier molecular flexibility index (Phi) is 5.02. The number of nitrogens with zero attached hydrogens (tertiary/aromatic N) is 1. The molecule has 7 nitrogen and oxygen atoms in total. The molecule has 1 amide bonds. The second-order valence-electron chi connectivity index (χ2n) is 5.19. The summed E-state index contributed by atoms with van der Waals surface area (Å²) < 4.78 is 0. The molecule has 0 saturated heterocycles. The van der Waals surface area contributed by atoms with Crippen LogP contribution in [0.3, 0.4) is 0 Å². The van der Waals surface area contributed by atoms with E-state index in [-0.39, 0.29) is 11.3 Å². The van der Waals surface area contributed by atoms with Crippen molar-refractivity contribution < 1.29 is 19.6 Å². The number of benzene rings is 1. The fourth-order valence-corrected chi connectivity index (χ4v) is 2.67. The molecule has 2 rings (SSSR count). The molecule has 0 aromatic heterocycles. The molecule has 0 heterocycles. The number of aliphatic carboxylic acids is 1. The van der Waals surface area contributed by atoms with Gasteiger partial charge in [0.05, 0.1) is 9.82 Å². The molecule has 1 fully saturated rings. The minimum absolute atomic E-state index is 0.0894. The zero-order valence-corrected chi connectivity index (χ0v) is 12.8. The largest absolute Gasteiger partial charge is 0.480 e. The molecule has 22 heavy (non-hydrogen) atoms. The van der Waals surface area contributed by atoms with E-state index in [0.29, 0.717) is 17.2 Å². The van der Waals surface area contributed by atoms with Crippen molar-refractivity contribution in [2.24, 2.45) is 5.92 Å². The lowest BCUT2D eigenvalue weighted by Gasteiger charge is -2.14. The summed E-state index contributed by atoms with van der Waals surface area (Å²) in [5.41, 5.74) is -0.0687. The highest BCUT2D eigenvalue weighted by Crippen LogP contribution is 2.33. The number of amides is 1. The first-order chi connectivity index (χ1) is 10.4. The molecule has 1 aliphatic rings. The van der Waals surface area contributed by atoms with E-state index in [0.717, 1.165) is 12.8 Å². The second kappa shape index (κ2) is 6.78. The Labute approximate surface area is 131 Å². The maximum absolute atomic E-state index is 12.1. The number of nitro groups is 1. The predicted molar refractivity (Wildman–Crippen MR) is 81.1 cm³/mol. The van der Waals surface area contributed by atoms with Gasteiger partial charge in [0.2, 0.25) is 0 Å². The molecule has 118 valence electrons. The van der Waals surface area contributed by atoms with Gasteiger partial charge >= 0.3 is 5.97 Å². The lowest BCUT2D eigenvalue weighted by molar-refractivity contribution is -0.387. The summed E-state index contributed by atoms with van der Waals surface area (Å²) in [4.78, 5) is 34.2. The standard InChI is InChI=1S/C14H16N2O5S/c1-22-12-5-4-9(7-11(12)16(20)21)13(17)15-10(14(18)19)6-8-2-3-8/h4-5,7-8,10H,2-3,6H2,1H3,(H,15,17)(H,18,19). The van der Waals surface area contributed by atoms with Crippen LogP contribution < -0.4 is 5.32 Å². The van der Waals surface area contributed by atoms with Crippen LogP contribution in [-0.2, 0) is 4.79 Å². The first kappa shape index (κ1) is 16.3. The fourth-order valence-electron chi connectivity index (χ4n) is 2.12. The van der Waals surface area contributed by atoms with Crippen LogP contribution >= 0.6 is 11.8 Å². The summed E-state index contributed by atoms with van der Waals surface area (Å²) in [6.07, 6.45) is 4.06. The summed E-state index contributed by atoms with van der Waals surface area (Å²) in [6, 6.07) is 3.18. The van der Waals surface area contributed by atoms with Gasteiger partial charge in [-0.05, 0) is 30.7 Å². The molecule has 1 unspecified atom stereocenters. The Morgan fingerprint density at radius 2 is 2.18 bits per heavy atom. The highest BCUT2D eigenvalue weighted by atomic mass is 32.2. The smallest absolute Gasteiger partial charge is 0.326 e. The number of nitro benzene ring substituents is 1. The van der Waals surface area contributed by atoms with Crippen molar-refractivity contribution in [3.63, 3.8) is 0 Å². The summed E-state index contributed by atoms with van der Waals surface area (Å²) in [6.45, 7) is 0. The van der Waals surface area contributed by atoms with Crippen LogP contribution in [0.15, 0.2) is 23.1 Å². The van der Waals surface area contributed by atoms with Gasteiger partial charge in [-0.3, -0.25) is 14.9 Å². The number of rotatable bonds is 7. The highest BCUT2D eigenvalue weighted by Gasteiger charge is 2.30. The quantitative estimate of drug-likeness (QED) is 0.452. The van der Waals surface area contributed by atoms with Crippen LogP contribution in [0.1, 0.15) is 29.6 Å². The summed E-state index contributed by atoms with van der Waals surface area (Å²) in [7, 11) is 0. The number of nitrogens with one attached hydrogen (secondary N) is 1. The Balaban J connectivity index is 2.15. The predicted octanol–water partition coefficient (Wildman–Crippen LogP) is 2.30. The van der Waals surface area contributed by atoms with Crippen LogP contribution in [-0.4, -0.2) is 34.2 Å². The van der Waals surface area contributed by atoms with Gasteiger partial charge in [0.15, 0.2) is 0 Å². The molecule has 0 spiro atoms. The maximum atomic E-state index is 12.1. The third-order valence-electron chi connectivity index (χ3n) is 3.51. The Morgan fingerprint density at radius 1 is 1.50 bits per heavy atom. The molecular formula is C14H16N2O5S. The topological polar surface area (TPSA) is 110 Å². The van der Waals surface area contributed by atoms with Gasteiger partial charge in [0.25, 0.3) is 11.6 Å². The van der Waals surface area contributed by atoms with E-state index in [1.807, 2.05) is 0 Å². The summed E-state index contributed by atoms with van der Waals surface area (Å²) in [5.74, 6) is -1.35. The van der Waals surface area contributed by atoms with Crippen molar-refractivity contribution in [2.45, 2.75) is 30.2 Å². The average molecular weight is 324 g/mol. The van der Waals surface area contributed by atoms with Gasteiger partial charge in [-0.2, -0.15) is 0 Å². The summed E-state index contributed by atoms with van der Waals surface area (Å²) >= 11 is 1.21. The van der Waals surface area contributed by atoms with Crippen molar-refractivity contribution in [3.05, 3.63) is 33.9 Å². The molecule has 0 bridgehead atoms. The van der Waals surface area contributed by atoms with Crippen LogP contribution in [0.25, 0.3) is 0 Å². The van der Waals surface area contributed by atoms with Gasteiger partial charge in [-0.25, -0.2) is 4.79 Å². The van der Waals surface area contributed by atoms with Gasteiger partial charge in [-0.1, -0.05) is 12.8 Å². The van der Waals surface area contributed by atoms with Crippen LogP contribution in [0, 0.1) is 16.0 Å². The molecule has 8 heteroatoms. The molecule has 1 aliphatic carbocycles. The SMILES string of the molecule is CSc1ccc(C(=O)NC(CC2CC2)C(=O)O)cc1[N+](=O)[O-]. The van der Waals surface area contributed by atoms with Crippen LogP contribution in [0.2, 0.25) is 0 Å². The monoisotopic (exact) mass is 324 g/mol. The molecule has 1 atom stereocenters. The van der Waals surface area contributed by atoms with Crippen molar-refractivity contribution in [1.82, 2.24) is 5.32 Å². The van der Waals surface area contributed by atoms with E-state index in [2.05, 4.69) is 5.32 Å². The first-order valence-electron chi connectivity index (χ1n) is 6.78. The lowest BCUT2D eigenvalue weighted by atomic mass is 10.1. The number of carbonyl (C=O) groups is 2. The maximum Gasteiger partial charge on any atom is 0.326 e. The van der Waals surface area contributed by atoms with Crippen molar-refractivity contribution in [3.8, 4) is 0 Å². The number of carboxylic acid groups (broad SMARTS) is 1. The van der Waals surface area contributed by atoms with E-state index in [1.54, 1.807) is 6.26 Å². The first-order valence-corrected chi connectivity index (χ1v) is 8.01. The van der Waals surface area contributed by atoms with Gasteiger partial charge in [0, 0.05) is 11.6 Å². The third-order valence-corrected chi connectivity index (χ3v) is 4.29. The minimum atomic E-state index is -1.09. The van der Waals surface area contributed by atoms with E-state index in [1.165, 1.54) is 30.0 Å².